The molecule has 0 aliphatic heterocycles. The Morgan fingerprint density at radius 1 is 0.302 bits per heavy atom. The molecule has 1 nitrogen and oxygen atoms in total. The van der Waals surface area contributed by atoms with Crippen molar-refractivity contribution in [2.75, 3.05) is 0 Å². The van der Waals surface area contributed by atoms with Gasteiger partial charge in [-0.2, -0.15) is 0 Å². The van der Waals surface area contributed by atoms with E-state index in [-0.39, 0.29) is 10.8 Å². The maximum absolute atomic E-state index is 2.49. The lowest BCUT2D eigenvalue weighted by Gasteiger charge is -2.23. The first-order chi connectivity index (χ1) is 30.5. The maximum atomic E-state index is 2.49. The summed E-state index contributed by atoms with van der Waals surface area (Å²) in [7, 11) is 0. The summed E-state index contributed by atoms with van der Waals surface area (Å²) in [6.45, 7) is 13.9. The molecular weight excluding hydrogens is 759 g/mol. The van der Waals surface area contributed by atoms with E-state index in [1.807, 2.05) is 0 Å². The van der Waals surface area contributed by atoms with Crippen molar-refractivity contribution in [1.82, 2.24) is 4.57 Å². The van der Waals surface area contributed by atoms with Crippen LogP contribution in [0, 0.1) is 0 Å². The van der Waals surface area contributed by atoms with Gasteiger partial charge < -0.3 is 4.57 Å². The molecule has 0 saturated heterocycles. The van der Waals surface area contributed by atoms with Crippen LogP contribution in [0.25, 0.3) is 125 Å². The Morgan fingerprint density at radius 3 is 1.38 bits per heavy atom. The molecule has 13 rings (SSSR count). The molecule has 0 saturated carbocycles. The Hall–Kier alpha value is -7.22. The Kier molecular flexibility index (Phi) is 7.33. The molecule has 0 amide bonds. The van der Waals surface area contributed by atoms with Crippen molar-refractivity contribution in [2.24, 2.45) is 0 Å². The van der Waals surface area contributed by atoms with Gasteiger partial charge in [0, 0.05) is 16.5 Å². The van der Waals surface area contributed by atoms with Crippen LogP contribution in [-0.2, 0) is 10.8 Å². The van der Waals surface area contributed by atoms with E-state index < -0.39 is 0 Å². The van der Waals surface area contributed by atoms with E-state index in [2.05, 4.69) is 222 Å². The second-order valence-electron chi connectivity index (χ2n) is 20.1. The Labute approximate surface area is 367 Å². The predicted molar refractivity (Wildman–Crippen MR) is 274 cm³/mol. The lowest BCUT2D eigenvalue weighted by Crippen LogP contribution is -2.11. The number of hydrogen-bond donors (Lipinski definition) is 0. The van der Waals surface area contributed by atoms with Gasteiger partial charge in [0.05, 0.1) is 11.0 Å². The molecule has 0 aliphatic carbocycles. The van der Waals surface area contributed by atoms with Crippen LogP contribution < -0.4 is 0 Å². The summed E-state index contributed by atoms with van der Waals surface area (Å²) in [5, 5.41) is 21.0. The zero-order chi connectivity index (χ0) is 42.5. The van der Waals surface area contributed by atoms with Gasteiger partial charge in [-0.25, -0.2) is 0 Å². The van der Waals surface area contributed by atoms with Crippen molar-refractivity contribution >= 4 is 97.2 Å². The quantitative estimate of drug-likeness (QED) is 0.157. The molecule has 0 radical (unpaired) electrons. The molecule has 12 aromatic carbocycles. The van der Waals surface area contributed by atoms with Crippen LogP contribution in [0.4, 0.5) is 0 Å². The van der Waals surface area contributed by atoms with Gasteiger partial charge in [0.1, 0.15) is 0 Å². The standard InChI is InChI=1S/C62H47N/c1-61(2,3)53-31-22-38-17-27-47-43(24-15-36-19-29-49(53)59(38)57(36)47)41-21-26-46-52-33-40-11-10-14-44(51(40)35-56(52)63(55(46)34-41)42-12-8-7-9-13-42)45-25-16-37-20-30-50-54(62(4,5)6)32-23-39-18-28-48(45)58(37)60(39)50/h7-35H,1-6H3. The number of fused-ring (bicyclic) bond motifs is 4. The molecule has 1 heterocycles. The van der Waals surface area contributed by atoms with Gasteiger partial charge in [-0.05, 0) is 150 Å². The minimum Gasteiger partial charge on any atom is -0.309 e. The average Bonchev–Trinajstić information content (AvgIpc) is 3.60. The minimum atomic E-state index is 0.0442. The Bertz CT molecular complexity index is 4020. The Balaban J connectivity index is 1.06. The summed E-state index contributed by atoms with van der Waals surface area (Å²) in [5.74, 6) is 0. The van der Waals surface area contributed by atoms with Gasteiger partial charge in [0.15, 0.2) is 0 Å². The molecule has 13 aromatic rings. The van der Waals surface area contributed by atoms with Gasteiger partial charge in [0.25, 0.3) is 0 Å². The first-order valence-corrected chi connectivity index (χ1v) is 22.5. The third-order valence-electron chi connectivity index (χ3n) is 14.3. The first kappa shape index (κ1) is 36.4. The number of hydrogen-bond acceptors (Lipinski definition) is 0. The highest BCUT2D eigenvalue weighted by Crippen LogP contribution is 2.47. The van der Waals surface area contributed by atoms with Crippen LogP contribution in [0.1, 0.15) is 52.7 Å². The van der Waals surface area contributed by atoms with E-state index in [0.29, 0.717) is 0 Å². The highest BCUT2D eigenvalue weighted by atomic mass is 15.0. The van der Waals surface area contributed by atoms with Gasteiger partial charge in [-0.15, -0.1) is 0 Å². The fraction of sp³-hybridized carbons (Fsp3) is 0.129. The van der Waals surface area contributed by atoms with E-state index in [1.165, 1.54) is 131 Å². The van der Waals surface area contributed by atoms with Crippen LogP contribution in [0.5, 0.6) is 0 Å². The molecule has 0 bridgehead atoms. The molecule has 63 heavy (non-hydrogen) atoms. The smallest absolute Gasteiger partial charge is 0.0547 e. The van der Waals surface area contributed by atoms with Gasteiger partial charge in [-0.3, -0.25) is 0 Å². The number of nitrogens with zero attached hydrogens (tertiary/aromatic N) is 1. The molecule has 0 N–H and O–H groups in total. The topological polar surface area (TPSA) is 4.93 Å². The molecular formula is C62H47N. The molecule has 0 unspecified atom stereocenters. The van der Waals surface area contributed by atoms with E-state index >= 15 is 0 Å². The Morgan fingerprint density at radius 2 is 0.778 bits per heavy atom. The zero-order valence-corrected chi connectivity index (χ0v) is 36.7. The van der Waals surface area contributed by atoms with Gasteiger partial charge >= 0.3 is 0 Å². The van der Waals surface area contributed by atoms with E-state index in [0.717, 1.165) is 5.69 Å². The van der Waals surface area contributed by atoms with Crippen molar-refractivity contribution < 1.29 is 0 Å². The van der Waals surface area contributed by atoms with Gasteiger partial charge in [0.2, 0.25) is 0 Å². The monoisotopic (exact) mass is 805 g/mol. The predicted octanol–water partition coefficient (Wildman–Crippen LogP) is 17.7. The lowest BCUT2D eigenvalue weighted by atomic mass is 9.80. The second-order valence-corrected chi connectivity index (χ2v) is 20.1. The molecule has 1 aromatic heterocycles. The zero-order valence-electron chi connectivity index (χ0n) is 36.7. The van der Waals surface area contributed by atoms with E-state index in [9.17, 15) is 0 Å². The van der Waals surface area contributed by atoms with Crippen LogP contribution in [-0.4, -0.2) is 4.57 Å². The third kappa shape index (κ3) is 5.17. The van der Waals surface area contributed by atoms with Gasteiger partial charge in [-0.1, -0.05) is 187 Å². The molecule has 1 heteroatoms. The highest BCUT2D eigenvalue weighted by molar-refractivity contribution is 6.28. The minimum absolute atomic E-state index is 0.0442. The first-order valence-electron chi connectivity index (χ1n) is 22.5. The molecule has 0 aliphatic rings. The molecule has 0 fully saturated rings. The number of para-hydroxylation sites is 1. The van der Waals surface area contributed by atoms with Crippen molar-refractivity contribution in [2.45, 2.75) is 52.4 Å². The summed E-state index contributed by atoms with van der Waals surface area (Å²) < 4.78 is 2.49. The molecule has 300 valence electrons. The number of benzene rings is 12. The van der Waals surface area contributed by atoms with E-state index in [1.54, 1.807) is 0 Å². The lowest BCUT2D eigenvalue weighted by molar-refractivity contribution is 0.596. The third-order valence-corrected chi connectivity index (χ3v) is 14.3. The van der Waals surface area contributed by atoms with Crippen LogP contribution in [0.2, 0.25) is 0 Å². The largest absolute Gasteiger partial charge is 0.309 e. The SMILES string of the molecule is CC(C)(C)c1ccc2ccc3c(-c4ccc5c6cc7cccc(-c8ccc9ccc%10c(C(C)(C)C)ccc%11ccc8c9c%11%10)c7cc6n(-c6ccccc6)c5c4)ccc4ccc1c2c43. The van der Waals surface area contributed by atoms with Crippen LogP contribution in [0.15, 0.2) is 176 Å². The summed E-state index contributed by atoms with van der Waals surface area (Å²) in [5.41, 5.74) is 11.5. The van der Waals surface area contributed by atoms with E-state index in [4.69, 9.17) is 0 Å². The summed E-state index contributed by atoms with van der Waals surface area (Å²) in [6, 6.07) is 67.2. The summed E-state index contributed by atoms with van der Waals surface area (Å²) in [6.07, 6.45) is 0. The van der Waals surface area contributed by atoms with Crippen molar-refractivity contribution in [1.29, 1.82) is 0 Å². The fourth-order valence-corrected chi connectivity index (χ4v) is 11.4. The normalized spacial score (nSPS) is 12.9. The molecule has 0 spiro atoms. The summed E-state index contributed by atoms with van der Waals surface area (Å²) in [4.78, 5) is 0. The maximum Gasteiger partial charge on any atom is 0.0547 e. The van der Waals surface area contributed by atoms with Crippen molar-refractivity contribution in [3.05, 3.63) is 187 Å². The van der Waals surface area contributed by atoms with Crippen LogP contribution in [0.3, 0.4) is 0 Å². The number of rotatable bonds is 3. The van der Waals surface area contributed by atoms with Crippen molar-refractivity contribution in [3.63, 3.8) is 0 Å². The second kappa shape index (κ2) is 12.7. The molecule has 0 atom stereocenters. The fourth-order valence-electron chi connectivity index (χ4n) is 11.4. The highest BCUT2D eigenvalue weighted by Gasteiger charge is 2.23. The van der Waals surface area contributed by atoms with Crippen molar-refractivity contribution in [3.8, 4) is 27.9 Å². The summed E-state index contributed by atoms with van der Waals surface area (Å²) >= 11 is 0. The van der Waals surface area contributed by atoms with Crippen LogP contribution >= 0.6 is 0 Å². The average molecular weight is 806 g/mol. The number of aromatic nitrogens is 1.